The molecule has 6 heteroatoms. The minimum atomic E-state index is -1.10. The van der Waals surface area contributed by atoms with Crippen molar-refractivity contribution in [2.45, 2.75) is 12.8 Å². The predicted molar refractivity (Wildman–Crippen MR) is 73.8 cm³/mol. The first-order valence-electron chi connectivity index (χ1n) is 6.72. The summed E-state index contributed by atoms with van der Waals surface area (Å²) in [6, 6.07) is 2.82. The molecule has 1 aromatic heterocycles. The average Bonchev–Trinajstić information content (AvgIpc) is 2.45. The summed E-state index contributed by atoms with van der Waals surface area (Å²) in [5.41, 5.74) is 0.328. The number of pyridine rings is 1. The van der Waals surface area contributed by atoms with Crippen LogP contribution in [0.1, 0.15) is 33.7 Å². The first kappa shape index (κ1) is 14.5. The number of nitrogens with one attached hydrogen (secondary N) is 1. The van der Waals surface area contributed by atoms with Crippen molar-refractivity contribution < 1.29 is 14.7 Å². The van der Waals surface area contributed by atoms with Crippen LogP contribution >= 0.6 is 0 Å². The number of nitrogens with zero attached hydrogens (tertiary/aromatic N) is 2. The van der Waals surface area contributed by atoms with E-state index < -0.39 is 5.97 Å². The van der Waals surface area contributed by atoms with Gasteiger partial charge in [-0.2, -0.15) is 0 Å². The van der Waals surface area contributed by atoms with E-state index in [1.54, 1.807) is 0 Å². The molecule has 1 atom stereocenters. The largest absolute Gasteiger partial charge is 0.477 e. The van der Waals surface area contributed by atoms with Gasteiger partial charge in [0, 0.05) is 19.3 Å². The zero-order valence-electron chi connectivity index (χ0n) is 11.5. The van der Waals surface area contributed by atoms with Gasteiger partial charge in [0.05, 0.1) is 5.56 Å². The Morgan fingerprint density at radius 1 is 1.50 bits per heavy atom. The number of carboxylic acids is 1. The summed E-state index contributed by atoms with van der Waals surface area (Å²) in [5.74, 6) is -0.825. The Kier molecular flexibility index (Phi) is 4.68. The number of hydrogen-bond acceptors (Lipinski definition) is 4. The van der Waals surface area contributed by atoms with E-state index in [0.717, 1.165) is 25.9 Å². The van der Waals surface area contributed by atoms with Gasteiger partial charge in [-0.25, -0.2) is 9.78 Å². The monoisotopic (exact) mass is 277 g/mol. The highest BCUT2D eigenvalue weighted by atomic mass is 16.4. The van der Waals surface area contributed by atoms with E-state index in [4.69, 9.17) is 5.11 Å². The Morgan fingerprint density at radius 2 is 2.30 bits per heavy atom. The zero-order valence-corrected chi connectivity index (χ0v) is 11.5. The fourth-order valence-electron chi connectivity index (χ4n) is 2.43. The van der Waals surface area contributed by atoms with Crippen LogP contribution in [0.25, 0.3) is 0 Å². The number of carbonyl (C=O) groups excluding carboxylic acids is 1. The van der Waals surface area contributed by atoms with Crippen molar-refractivity contribution in [2.24, 2.45) is 5.92 Å². The lowest BCUT2D eigenvalue weighted by Crippen LogP contribution is -2.39. The van der Waals surface area contributed by atoms with Gasteiger partial charge >= 0.3 is 5.97 Å². The van der Waals surface area contributed by atoms with Gasteiger partial charge in [-0.15, -0.1) is 0 Å². The summed E-state index contributed by atoms with van der Waals surface area (Å²) in [4.78, 5) is 28.6. The molecule has 108 valence electrons. The molecular weight excluding hydrogens is 258 g/mol. The van der Waals surface area contributed by atoms with Crippen molar-refractivity contribution in [2.75, 3.05) is 26.7 Å². The zero-order chi connectivity index (χ0) is 14.5. The van der Waals surface area contributed by atoms with Gasteiger partial charge in [0.25, 0.3) is 5.91 Å². The van der Waals surface area contributed by atoms with Gasteiger partial charge in [-0.1, -0.05) is 0 Å². The van der Waals surface area contributed by atoms with E-state index in [-0.39, 0.29) is 11.6 Å². The summed E-state index contributed by atoms with van der Waals surface area (Å²) in [7, 11) is 2.09. The molecule has 1 fully saturated rings. The quantitative estimate of drug-likeness (QED) is 0.852. The van der Waals surface area contributed by atoms with Crippen LogP contribution in [0.5, 0.6) is 0 Å². The maximum atomic E-state index is 11.9. The Morgan fingerprint density at radius 3 is 2.90 bits per heavy atom. The van der Waals surface area contributed by atoms with Gasteiger partial charge in [0.2, 0.25) is 0 Å². The summed E-state index contributed by atoms with van der Waals surface area (Å²) in [5, 5.41) is 11.6. The SMILES string of the molecule is CN1CCCC(CNC(=O)c2ccc(C(=O)O)nc2)C1. The first-order valence-corrected chi connectivity index (χ1v) is 6.72. The standard InChI is InChI=1S/C14H19N3O3/c1-17-6-2-3-10(9-17)7-16-13(18)11-4-5-12(14(19)20)15-8-11/h4-5,8,10H,2-3,6-7,9H2,1H3,(H,16,18)(H,19,20). The molecule has 2 rings (SSSR count). The molecule has 0 saturated carbocycles. The van der Waals surface area contributed by atoms with Crippen LogP contribution in [0, 0.1) is 5.92 Å². The highest BCUT2D eigenvalue weighted by Gasteiger charge is 2.18. The topological polar surface area (TPSA) is 82.5 Å². The minimum Gasteiger partial charge on any atom is -0.477 e. The van der Waals surface area contributed by atoms with Crippen LogP contribution in [0.4, 0.5) is 0 Å². The van der Waals surface area contributed by atoms with Crippen molar-refractivity contribution >= 4 is 11.9 Å². The molecule has 6 nitrogen and oxygen atoms in total. The molecule has 1 saturated heterocycles. The fraction of sp³-hybridized carbons (Fsp3) is 0.500. The van der Waals surface area contributed by atoms with E-state index in [0.29, 0.717) is 18.0 Å². The molecule has 0 bridgehead atoms. The van der Waals surface area contributed by atoms with Gasteiger partial charge in [-0.3, -0.25) is 4.79 Å². The first-order chi connectivity index (χ1) is 9.56. The second-order valence-electron chi connectivity index (χ2n) is 5.22. The number of aromatic nitrogens is 1. The molecule has 2 N–H and O–H groups in total. The Balaban J connectivity index is 1.86. The summed E-state index contributed by atoms with van der Waals surface area (Å²) < 4.78 is 0. The molecular formula is C14H19N3O3. The Bertz CT molecular complexity index is 487. The van der Waals surface area contributed by atoms with Gasteiger partial charge in [-0.05, 0) is 44.5 Å². The molecule has 0 aliphatic carbocycles. The number of rotatable bonds is 4. The van der Waals surface area contributed by atoms with Crippen LogP contribution < -0.4 is 5.32 Å². The van der Waals surface area contributed by atoms with Crippen molar-refractivity contribution in [1.82, 2.24) is 15.2 Å². The summed E-state index contributed by atoms with van der Waals surface area (Å²) in [6.45, 7) is 2.76. The second kappa shape index (κ2) is 6.47. The number of carboxylic acid groups (broad SMARTS) is 1. The third-order valence-corrected chi connectivity index (χ3v) is 3.52. The highest BCUT2D eigenvalue weighted by molar-refractivity contribution is 5.94. The van der Waals surface area contributed by atoms with Crippen LogP contribution in [-0.2, 0) is 0 Å². The maximum Gasteiger partial charge on any atom is 0.354 e. The minimum absolute atomic E-state index is 0.0598. The Labute approximate surface area is 117 Å². The number of likely N-dealkylation sites (tertiary alicyclic amines) is 1. The van der Waals surface area contributed by atoms with Crippen molar-refractivity contribution in [3.8, 4) is 0 Å². The second-order valence-corrected chi connectivity index (χ2v) is 5.22. The van der Waals surface area contributed by atoms with E-state index in [9.17, 15) is 9.59 Å². The number of piperidine rings is 1. The third kappa shape index (κ3) is 3.77. The third-order valence-electron chi connectivity index (χ3n) is 3.52. The maximum absolute atomic E-state index is 11.9. The lowest BCUT2D eigenvalue weighted by molar-refractivity contribution is 0.0689. The fourth-order valence-corrected chi connectivity index (χ4v) is 2.43. The summed E-state index contributed by atoms with van der Waals surface area (Å²) in [6.07, 6.45) is 3.58. The van der Waals surface area contributed by atoms with Gasteiger partial charge in [0.1, 0.15) is 5.69 Å². The number of amides is 1. The molecule has 1 amide bonds. The normalized spacial score (nSPS) is 19.6. The van der Waals surface area contributed by atoms with E-state index in [1.165, 1.54) is 18.3 Å². The van der Waals surface area contributed by atoms with Crippen LogP contribution in [0.2, 0.25) is 0 Å². The molecule has 20 heavy (non-hydrogen) atoms. The number of carbonyl (C=O) groups is 2. The molecule has 1 aliphatic rings. The predicted octanol–water partition coefficient (Wildman–Crippen LogP) is 0.851. The molecule has 1 unspecified atom stereocenters. The molecule has 1 aliphatic heterocycles. The molecule has 0 aromatic carbocycles. The lowest BCUT2D eigenvalue weighted by Gasteiger charge is -2.29. The van der Waals surface area contributed by atoms with Crippen LogP contribution in [0.15, 0.2) is 18.3 Å². The number of hydrogen-bond donors (Lipinski definition) is 2. The molecule has 0 spiro atoms. The molecule has 2 heterocycles. The van der Waals surface area contributed by atoms with E-state index in [2.05, 4.69) is 22.2 Å². The molecule has 1 aromatic rings. The summed E-state index contributed by atoms with van der Waals surface area (Å²) >= 11 is 0. The lowest BCUT2D eigenvalue weighted by atomic mass is 9.98. The van der Waals surface area contributed by atoms with Gasteiger partial charge < -0.3 is 15.3 Å². The number of aromatic carboxylic acids is 1. The smallest absolute Gasteiger partial charge is 0.354 e. The van der Waals surface area contributed by atoms with E-state index >= 15 is 0 Å². The van der Waals surface area contributed by atoms with Crippen LogP contribution in [0.3, 0.4) is 0 Å². The average molecular weight is 277 g/mol. The van der Waals surface area contributed by atoms with Gasteiger partial charge in [0.15, 0.2) is 0 Å². The van der Waals surface area contributed by atoms with E-state index in [1.807, 2.05) is 0 Å². The van der Waals surface area contributed by atoms with Crippen molar-refractivity contribution in [3.63, 3.8) is 0 Å². The van der Waals surface area contributed by atoms with Crippen molar-refractivity contribution in [3.05, 3.63) is 29.6 Å². The highest BCUT2D eigenvalue weighted by Crippen LogP contribution is 2.14. The van der Waals surface area contributed by atoms with Crippen molar-refractivity contribution in [1.29, 1.82) is 0 Å². The van der Waals surface area contributed by atoms with Crippen LogP contribution in [-0.4, -0.2) is 53.5 Å². The molecule has 0 radical (unpaired) electrons. The Hall–Kier alpha value is -1.95.